The molecule has 5 heterocycles. The molecule has 0 radical (unpaired) electrons. The number of anilines is 2. The van der Waals surface area contributed by atoms with Gasteiger partial charge in [-0.15, -0.1) is 0 Å². The van der Waals surface area contributed by atoms with E-state index in [1.54, 1.807) is 4.68 Å². The van der Waals surface area contributed by atoms with Crippen molar-refractivity contribution in [2.75, 3.05) is 49.2 Å². The van der Waals surface area contributed by atoms with Gasteiger partial charge in [0, 0.05) is 51.5 Å². The molecule has 0 aromatic carbocycles. The molecule has 0 bridgehead atoms. The molecule has 3 aromatic rings. The number of aromatic nitrogens is 6. The highest BCUT2D eigenvalue weighted by Crippen LogP contribution is 2.31. The van der Waals surface area contributed by atoms with Gasteiger partial charge in [0.15, 0.2) is 22.8 Å². The molecule has 0 aliphatic carbocycles. The predicted octanol–water partition coefficient (Wildman–Crippen LogP) is 3.52. The summed E-state index contributed by atoms with van der Waals surface area (Å²) in [7, 11) is 1.91. The van der Waals surface area contributed by atoms with Crippen LogP contribution < -0.4 is 9.80 Å². The van der Waals surface area contributed by atoms with Crippen molar-refractivity contribution in [2.24, 2.45) is 7.05 Å². The van der Waals surface area contributed by atoms with Gasteiger partial charge in [0.25, 0.3) is 0 Å². The van der Waals surface area contributed by atoms with Crippen molar-refractivity contribution in [3.8, 4) is 0 Å². The summed E-state index contributed by atoms with van der Waals surface area (Å²) in [6.45, 7) is 17.5. The summed E-state index contributed by atoms with van der Waals surface area (Å²) in [5.74, 6) is 2.30. The molecule has 0 unspecified atom stereocenters. The van der Waals surface area contributed by atoms with Crippen LogP contribution in [-0.2, 0) is 18.3 Å². The van der Waals surface area contributed by atoms with Gasteiger partial charge < -0.3 is 19.6 Å². The van der Waals surface area contributed by atoms with Gasteiger partial charge >= 0.3 is 0 Å². The zero-order valence-corrected chi connectivity index (χ0v) is 22.8. The average molecular weight is 509 g/mol. The number of hydrogen-bond donors (Lipinski definition) is 1. The smallest absolute Gasteiger partial charge is 0.207 e. The fraction of sp³-hybridized carbons (Fsp3) is 0.556. The number of ether oxygens (including phenoxy) is 1. The van der Waals surface area contributed by atoms with E-state index >= 15 is 0 Å². The molecular weight excluding hydrogens is 468 g/mol. The van der Waals surface area contributed by atoms with Crippen LogP contribution in [0.3, 0.4) is 0 Å². The maximum Gasteiger partial charge on any atom is 0.207 e. The van der Waals surface area contributed by atoms with Crippen LogP contribution in [0, 0.1) is 0 Å². The zero-order chi connectivity index (χ0) is 26.5. The first-order chi connectivity index (χ1) is 17.9. The Labute approximate surface area is 219 Å². The van der Waals surface area contributed by atoms with Gasteiger partial charge in [-0.3, -0.25) is 9.25 Å². The quantitative estimate of drug-likeness (QED) is 0.505. The Morgan fingerprint density at radius 3 is 2.43 bits per heavy atom. The monoisotopic (exact) mass is 508 g/mol. The number of allylic oxidation sites excluding steroid dienone is 3. The van der Waals surface area contributed by atoms with Crippen LogP contribution in [0.2, 0.25) is 0 Å². The van der Waals surface area contributed by atoms with Gasteiger partial charge in [0.2, 0.25) is 5.95 Å². The molecule has 2 saturated heterocycles. The van der Waals surface area contributed by atoms with Crippen LogP contribution in [-0.4, -0.2) is 79.9 Å². The molecule has 2 aliphatic heterocycles. The van der Waals surface area contributed by atoms with Crippen LogP contribution in [0.15, 0.2) is 24.9 Å². The van der Waals surface area contributed by atoms with Crippen molar-refractivity contribution in [3.05, 3.63) is 36.4 Å². The average Bonchev–Trinajstić information content (AvgIpc) is 3.53. The zero-order valence-electron chi connectivity index (χ0n) is 22.8. The first kappa shape index (κ1) is 26.8. The van der Waals surface area contributed by atoms with Gasteiger partial charge in [-0.25, -0.2) is 15.0 Å². The molecule has 37 heavy (non-hydrogen) atoms. The number of fused-ring (bicyclic) bond motifs is 1. The molecular formula is C27H40N8O2. The molecule has 200 valence electrons. The summed E-state index contributed by atoms with van der Waals surface area (Å²) in [6.07, 6.45) is 5.17. The molecule has 2 fully saturated rings. The highest BCUT2D eigenvalue weighted by atomic mass is 16.5. The number of aliphatic hydroxyl groups excluding tert-OH is 1. The molecule has 10 nitrogen and oxygen atoms in total. The number of hydrogen-bond acceptors (Lipinski definition) is 8. The number of aryl methyl sites for hydroxylation is 2. The third-order valence-electron chi connectivity index (χ3n) is 6.73. The van der Waals surface area contributed by atoms with Gasteiger partial charge in [-0.1, -0.05) is 20.4 Å². The molecule has 3 aromatic heterocycles. The minimum absolute atomic E-state index is 0.238. The molecule has 0 spiro atoms. The summed E-state index contributed by atoms with van der Waals surface area (Å²) >= 11 is 0. The Hall–Kier alpha value is -3.24. The number of morpholine rings is 1. The topological polar surface area (TPSA) is 97.4 Å². The van der Waals surface area contributed by atoms with Gasteiger partial charge in [0.05, 0.1) is 25.0 Å². The van der Waals surface area contributed by atoms with E-state index in [0.29, 0.717) is 19.0 Å². The van der Waals surface area contributed by atoms with Crippen molar-refractivity contribution < 1.29 is 9.84 Å². The third-order valence-corrected chi connectivity index (χ3v) is 6.73. The Balaban J connectivity index is 0.00000156. The third kappa shape index (κ3) is 5.70. The van der Waals surface area contributed by atoms with Crippen molar-refractivity contribution in [1.29, 1.82) is 0 Å². The van der Waals surface area contributed by atoms with E-state index in [4.69, 9.17) is 19.7 Å². The SMILES string of the molecule is C=C(/C=C(\C)c1ccn(C)n1)c1nc(N2CCOCC2)c2nc(N3CCC(O)CC3)n(CC)c2n1.CC. The van der Waals surface area contributed by atoms with E-state index in [1.807, 2.05) is 46.2 Å². The van der Waals surface area contributed by atoms with Crippen LogP contribution in [0.5, 0.6) is 0 Å². The fourth-order valence-electron chi connectivity index (χ4n) is 4.74. The molecule has 1 N–H and O–H groups in total. The van der Waals surface area contributed by atoms with Crippen LogP contribution in [0.4, 0.5) is 11.8 Å². The lowest BCUT2D eigenvalue weighted by molar-refractivity contribution is 0.122. The van der Waals surface area contributed by atoms with Crippen molar-refractivity contribution in [2.45, 2.75) is 53.2 Å². The Kier molecular flexibility index (Phi) is 8.60. The molecule has 0 atom stereocenters. The van der Waals surface area contributed by atoms with E-state index < -0.39 is 0 Å². The molecule has 0 amide bonds. The Bertz CT molecular complexity index is 1250. The maximum atomic E-state index is 9.99. The number of nitrogens with zero attached hydrogens (tertiary/aromatic N) is 8. The highest BCUT2D eigenvalue weighted by molar-refractivity contribution is 5.89. The molecule has 2 aliphatic rings. The van der Waals surface area contributed by atoms with Gasteiger partial charge in [-0.05, 0) is 44.4 Å². The van der Waals surface area contributed by atoms with Crippen molar-refractivity contribution >= 4 is 34.1 Å². The minimum Gasteiger partial charge on any atom is -0.393 e. The molecule has 5 rings (SSSR count). The second kappa shape index (κ2) is 11.9. The number of piperidine rings is 1. The van der Waals surface area contributed by atoms with Crippen LogP contribution in [0.25, 0.3) is 22.3 Å². The van der Waals surface area contributed by atoms with E-state index in [-0.39, 0.29) is 6.10 Å². The summed E-state index contributed by atoms with van der Waals surface area (Å²) in [5.41, 5.74) is 4.25. The lowest BCUT2D eigenvalue weighted by Gasteiger charge is -2.30. The summed E-state index contributed by atoms with van der Waals surface area (Å²) in [4.78, 5) is 19.5. The lowest BCUT2D eigenvalue weighted by Crippen LogP contribution is -2.37. The van der Waals surface area contributed by atoms with Crippen molar-refractivity contribution in [3.63, 3.8) is 0 Å². The first-order valence-electron chi connectivity index (χ1n) is 13.4. The first-order valence-corrected chi connectivity index (χ1v) is 13.4. The second-order valence-electron chi connectivity index (χ2n) is 9.24. The second-order valence-corrected chi connectivity index (χ2v) is 9.24. The van der Waals surface area contributed by atoms with Crippen LogP contribution in [0.1, 0.15) is 52.1 Å². The van der Waals surface area contributed by atoms with E-state index in [9.17, 15) is 5.11 Å². The van der Waals surface area contributed by atoms with E-state index in [1.165, 1.54) is 0 Å². The van der Waals surface area contributed by atoms with Gasteiger partial charge in [0.1, 0.15) is 0 Å². The molecule has 0 saturated carbocycles. The summed E-state index contributed by atoms with van der Waals surface area (Å²) in [5, 5.41) is 14.5. The Morgan fingerprint density at radius 2 is 1.81 bits per heavy atom. The number of rotatable bonds is 6. The number of aliphatic hydroxyl groups is 1. The standard InChI is InChI=1S/C25H34N8O2.C2H6/c1-5-33-24-21(26-25(33)32-10-6-19(34)7-11-32)23(31-12-14-35-15-13-31)27-22(28-24)18(3)16-17(2)20-8-9-30(4)29-20;1-2/h8-9,16,19,34H,3,5-7,10-15H2,1-2,4H3;1-2H3/b17-16+;. The fourth-order valence-corrected chi connectivity index (χ4v) is 4.74. The van der Waals surface area contributed by atoms with E-state index in [2.05, 4.69) is 33.0 Å². The van der Waals surface area contributed by atoms with Gasteiger partial charge in [-0.2, -0.15) is 5.10 Å². The van der Waals surface area contributed by atoms with E-state index in [0.717, 1.165) is 85.3 Å². The molecule has 10 heteroatoms. The largest absolute Gasteiger partial charge is 0.393 e. The Morgan fingerprint density at radius 1 is 1.11 bits per heavy atom. The number of imidazole rings is 1. The van der Waals surface area contributed by atoms with Crippen molar-refractivity contribution in [1.82, 2.24) is 29.3 Å². The summed E-state index contributed by atoms with van der Waals surface area (Å²) in [6, 6.07) is 1.98. The summed E-state index contributed by atoms with van der Waals surface area (Å²) < 4.78 is 9.54. The predicted molar refractivity (Wildman–Crippen MR) is 149 cm³/mol. The lowest BCUT2D eigenvalue weighted by atomic mass is 10.1. The van der Waals surface area contributed by atoms with Crippen LogP contribution >= 0.6 is 0 Å². The highest BCUT2D eigenvalue weighted by Gasteiger charge is 2.27. The normalized spacial score (nSPS) is 17.2. The maximum absolute atomic E-state index is 9.99. The minimum atomic E-state index is -0.238.